The van der Waals surface area contributed by atoms with Crippen LogP contribution in [0.15, 0.2) is 18.2 Å². The summed E-state index contributed by atoms with van der Waals surface area (Å²) in [4.78, 5) is 9.99. The van der Waals surface area contributed by atoms with Crippen molar-refractivity contribution in [3.05, 3.63) is 28.3 Å². The van der Waals surface area contributed by atoms with E-state index in [2.05, 4.69) is 0 Å². The molecule has 5 nitrogen and oxygen atoms in total. The molecule has 0 fully saturated rings. The lowest BCUT2D eigenvalue weighted by Gasteiger charge is -2.20. The van der Waals surface area contributed by atoms with Gasteiger partial charge in [-0.3, -0.25) is 10.1 Å². The molecule has 2 N–H and O–H groups in total. The summed E-state index contributed by atoms with van der Waals surface area (Å²) < 4.78 is 5.66. The first-order valence-electron chi connectivity index (χ1n) is 4.52. The van der Waals surface area contributed by atoms with Gasteiger partial charge >= 0.3 is 0 Å². The van der Waals surface area contributed by atoms with E-state index in [0.29, 0.717) is 11.4 Å². The Morgan fingerprint density at radius 2 is 2.00 bits per heavy atom. The second-order valence-electron chi connectivity index (χ2n) is 4.19. The molecule has 0 unspecified atom stereocenters. The van der Waals surface area contributed by atoms with Crippen molar-refractivity contribution in [3.63, 3.8) is 0 Å². The van der Waals surface area contributed by atoms with Crippen molar-refractivity contribution in [2.45, 2.75) is 19.6 Å². The summed E-state index contributed by atoms with van der Waals surface area (Å²) in [5, 5.41) is 10.5. The van der Waals surface area contributed by atoms with E-state index in [9.17, 15) is 10.1 Å². The topological polar surface area (TPSA) is 78.4 Å². The lowest BCUT2D eigenvalue weighted by molar-refractivity contribution is -0.384. The largest absolute Gasteiger partial charge is 0.543 e. The quantitative estimate of drug-likeness (QED) is 0.371. The lowest BCUT2D eigenvalue weighted by Crippen LogP contribution is -2.29. The first-order chi connectivity index (χ1) is 6.79. The van der Waals surface area contributed by atoms with Crippen molar-refractivity contribution in [2.75, 3.05) is 5.73 Å². The van der Waals surface area contributed by atoms with Gasteiger partial charge in [0.15, 0.2) is 0 Å². The normalized spacial score (nSPS) is 11.1. The average molecular weight is 226 g/mol. The molecule has 0 amide bonds. The van der Waals surface area contributed by atoms with Gasteiger partial charge in [-0.1, -0.05) is 0 Å². The van der Waals surface area contributed by atoms with Gasteiger partial charge in [0, 0.05) is 12.1 Å². The minimum absolute atomic E-state index is 0.0181. The van der Waals surface area contributed by atoms with Gasteiger partial charge in [-0.15, -0.1) is 0 Å². The van der Waals surface area contributed by atoms with Gasteiger partial charge in [0.2, 0.25) is 8.32 Å². The predicted molar refractivity (Wildman–Crippen MR) is 61.5 cm³/mol. The Bertz CT molecular complexity index is 387. The maximum atomic E-state index is 10.5. The third-order valence-corrected chi connectivity index (χ3v) is 2.45. The summed E-state index contributed by atoms with van der Waals surface area (Å²) in [5.41, 5.74) is 5.95. The number of nitrogens with zero attached hydrogens (tertiary/aromatic N) is 1. The molecule has 6 heteroatoms. The van der Waals surface area contributed by atoms with Crippen LogP contribution in [-0.2, 0) is 0 Å². The molecule has 0 aliphatic carbocycles. The van der Waals surface area contributed by atoms with Crippen molar-refractivity contribution >= 4 is 19.7 Å². The summed E-state index contributed by atoms with van der Waals surface area (Å²) in [6, 6.07) is 4.26. The Balaban J connectivity index is 2.99. The van der Waals surface area contributed by atoms with Crippen LogP contribution in [0.4, 0.5) is 11.4 Å². The maximum Gasteiger partial charge on any atom is 0.271 e. The van der Waals surface area contributed by atoms with Gasteiger partial charge in [-0.25, -0.2) is 0 Å². The molecule has 1 aromatic rings. The molecule has 0 bridgehead atoms. The maximum absolute atomic E-state index is 10.5. The van der Waals surface area contributed by atoms with Crippen LogP contribution in [0, 0.1) is 10.1 Å². The fourth-order valence-electron chi connectivity index (χ4n) is 1.07. The van der Waals surface area contributed by atoms with Crippen molar-refractivity contribution in [1.82, 2.24) is 0 Å². The highest BCUT2D eigenvalue weighted by molar-refractivity contribution is 6.70. The van der Waals surface area contributed by atoms with Gasteiger partial charge in [0.1, 0.15) is 5.75 Å². The van der Waals surface area contributed by atoms with Crippen molar-refractivity contribution in [1.29, 1.82) is 0 Å². The number of non-ortho nitro benzene ring substituents is 1. The average Bonchev–Trinajstić information content (AvgIpc) is 2.05. The third kappa shape index (κ3) is 3.24. The van der Waals surface area contributed by atoms with E-state index in [-0.39, 0.29) is 5.69 Å². The van der Waals surface area contributed by atoms with Crippen LogP contribution in [0.2, 0.25) is 19.6 Å². The first kappa shape index (κ1) is 11.5. The minimum atomic E-state index is -1.72. The van der Waals surface area contributed by atoms with E-state index in [1.165, 1.54) is 12.1 Å². The molecule has 0 spiro atoms. The van der Waals surface area contributed by atoms with E-state index < -0.39 is 13.2 Å². The highest BCUT2D eigenvalue weighted by Crippen LogP contribution is 2.28. The van der Waals surface area contributed by atoms with Crippen LogP contribution >= 0.6 is 0 Å². The fourth-order valence-corrected chi connectivity index (χ4v) is 1.92. The number of hydrogen-bond donors (Lipinski definition) is 1. The summed E-state index contributed by atoms with van der Waals surface area (Å²) in [6.07, 6.45) is 0. The summed E-state index contributed by atoms with van der Waals surface area (Å²) >= 11 is 0. The Morgan fingerprint density at radius 1 is 1.40 bits per heavy atom. The van der Waals surface area contributed by atoms with Gasteiger partial charge < -0.3 is 10.2 Å². The molecule has 15 heavy (non-hydrogen) atoms. The molecule has 0 aliphatic heterocycles. The van der Waals surface area contributed by atoms with E-state index in [1.807, 2.05) is 19.6 Å². The Hall–Kier alpha value is -1.56. The predicted octanol–water partition coefficient (Wildman–Crippen LogP) is 2.39. The molecule has 0 saturated carbocycles. The van der Waals surface area contributed by atoms with Crippen LogP contribution in [0.25, 0.3) is 0 Å². The Morgan fingerprint density at radius 3 is 2.40 bits per heavy atom. The molecule has 0 atom stereocenters. The minimum Gasteiger partial charge on any atom is -0.543 e. The number of rotatable bonds is 3. The van der Waals surface area contributed by atoms with Crippen LogP contribution in [0.1, 0.15) is 0 Å². The number of nitrogen functional groups attached to an aromatic ring is 1. The zero-order valence-electron chi connectivity index (χ0n) is 8.98. The second-order valence-corrected chi connectivity index (χ2v) is 8.62. The number of anilines is 1. The number of benzene rings is 1. The summed E-state index contributed by atoms with van der Waals surface area (Å²) in [5.74, 6) is 0.528. The van der Waals surface area contributed by atoms with Crippen molar-refractivity contribution in [2.24, 2.45) is 0 Å². The van der Waals surface area contributed by atoms with Gasteiger partial charge in [-0.05, 0) is 25.7 Å². The van der Waals surface area contributed by atoms with Crippen LogP contribution in [0.3, 0.4) is 0 Å². The van der Waals surface area contributed by atoms with Gasteiger partial charge in [0.05, 0.1) is 10.6 Å². The van der Waals surface area contributed by atoms with Crippen LogP contribution < -0.4 is 10.2 Å². The molecule has 0 aliphatic rings. The highest BCUT2D eigenvalue weighted by atomic mass is 28.4. The van der Waals surface area contributed by atoms with E-state index in [1.54, 1.807) is 6.07 Å². The standard InChI is InChI=1S/C9H14N2O3Si/c1-15(2,3)14-9-5-4-7(11(12)13)6-8(9)10/h4-6H,10H2,1-3H3. The molecular weight excluding hydrogens is 212 g/mol. The summed E-state index contributed by atoms with van der Waals surface area (Å²) in [6.45, 7) is 6.07. The summed E-state index contributed by atoms with van der Waals surface area (Å²) in [7, 11) is -1.72. The van der Waals surface area contributed by atoms with E-state index >= 15 is 0 Å². The first-order valence-corrected chi connectivity index (χ1v) is 7.93. The SMILES string of the molecule is C[Si](C)(C)Oc1ccc([N+](=O)[O-])cc1N. The molecule has 0 heterocycles. The smallest absolute Gasteiger partial charge is 0.271 e. The monoisotopic (exact) mass is 226 g/mol. The second kappa shape index (κ2) is 3.89. The molecule has 1 aromatic carbocycles. The van der Waals surface area contributed by atoms with Crippen LogP contribution in [-0.4, -0.2) is 13.2 Å². The number of hydrogen-bond acceptors (Lipinski definition) is 4. The highest BCUT2D eigenvalue weighted by Gasteiger charge is 2.18. The zero-order chi connectivity index (χ0) is 11.6. The Kier molecular flexibility index (Phi) is 2.99. The zero-order valence-corrected chi connectivity index (χ0v) is 9.98. The third-order valence-electron chi connectivity index (χ3n) is 1.62. The van der Waals surface area contributed by atoms with E-state index in [4.69, 9.17) is 10.2 Å². The number of nitrogens with two attached hydrogens (primary N) is 1. The molecule has 1 rings (SSSR count). The van der Waals surface area contributed by atoms with Crippen molar-refractivity contribution in [3.8, 4) is 5.75 Å². The molecule has 0 aromatic heterocycles. The number of nitro benzene ring substituents is 1. The molecule has 0 radical (unpaired) electrons. The molecule has 0 saturated heterocycles. The van der Waals surface area contributed by atoms with Gasteiger partial charge in [0.25, 0.3) is 5.69 Å². The Labute approximate surface area is 89.1 Å². The van der Waals surface area contributed by atoms with Gasteiger partial charge in [-0.2, -0.15) is 0 Å². The van der Waals surface area contributed by atoms with Crippen molar-refractivity contribution < 1.29 is 9.35 Å². The lowest BCUT2D eigenvalue weighted by atomic mass is 10.2. The van der Waals surface area contributed by atoms with Crippen LogP contribution in [0.5, 0.6) is 5.75 Å². The molecular formula is C9H14N2O3Si. The van der Waals surface area contributed by atoms with E-state index in [0.717, 1.165) is 0 Å². The molecule has 82 valence electrons. The number of nitro groups is 1. The fraction of sp³-hybridized carbons (Fsp3) is 0.333.